The van der Waals surface area contributed by atoms with Gasteiger partial charge in [-0.05, 0) is 25.0 Å². The highest BCUT2D eigenvalue weighted by Gasteiger charge is 2.66. The molecule has 4 atom stereocenters. The molecule has 5 rings (SSSR count). The molecule has 2 saturated heterocycles. The second kappa shape index (κ2) is 5.79. The topological polar surface area (TPSA) is 71.1 Å². The highest BCUT2D eigenvalue weighted by molar-refractivity contribution is 5.93. The van der Waals surface area contributed by atoms with Crippen molar-refractivity contribution in [3.63, 3.8) is 0 Å². The van der Waals surface area contributed by atoms with Gasteiger partial charge in [0.25, 0.3) is 0 Å². The third-order valence-corrected chi connectivity index (χ3v) is 6.06. The van der Waals surface area contributed by atoms with Crippen molar-refractivity contribution in [1.82, 2.24) is 0 Å². The first-order valence-corrected chi connectivity index (χ1v) is 9.44. The van der Waals surface area contributed by atoms with Crippen LogP contribution in [0.4, 0.5) is 0 Å². The zero-order valence-corrected chi connectivity index (χ0v) is 14.5. The first-order valence-electron chi connectivity index (χ1n) is 9.44. The molecule has 26 heavy (non-hydrogen) atoms. The minimum atomic E-state index is -1.26. The molecule has 2 aliphatic heterocycles. The van der Waals surface area contributed by atoms with E-state index in [1.54, 1.807) is 24.3 Å². The number of rotatable bonds is 2. The Kier molecular flexibility index (Phi) is 3.62. The Morgan fingerprint density at radius 1 is 1.00 bits per heavy atom. The maximum atomic E-state index is 12.5. The maximum Gasteiger partial charge on any atom is 0.351 e. The number of fused-ring (bicyclic) bond motifs is 4. The van der Waals surface area contributed by atoms with Crippen LogP contribution >= 0.6 is 0 Å². The van der Waals surface area contributed by atoms with E-state index in [4.69, 9.17) is 18.9 Å². The molecule has 0 aromatic heterocycles. The summed E-state index contributed by atoms with van der Waals surface area (Å²) in [5, 5.41) is 0. The standard InChI is InChI=1S/C20H22O6/c21-17(13-7-3-1-4-8-13)26-19-11-14(23-18(19)22)16-15(12-19)24-20(25-16)9-5-2-6-10-20/h1,3-4,7-8,14-16H,2,5-6,9-12H2/t14-,15-,16+,19-/m1/s1. The first kappa shape index (κ1) is 16.3. The van der Waals surface area contributed by atoms with Crippen LogP contribution < -0.4 is 0 Å². The van der Waals surface area contributed by atoms with Gasteiger partial charge in [0.1, 0.15) is 12.2 Å². The van der Waals surface area contributed by atoms with Crippen LogP contribution in [0.5, 0.6) is 0 Å². The molecule has 0 radical (unpaired) electrons. The lowest BCUT2D eigenvalue weighted by Crippen LogP contribution is -2.49. The predicted octanol–water partition coefficient (Wildman–Crippen LogP) is 2.75. The van der Waals surface area contributed by atoms with Crippen LogP contribution in [0, 0.1) is 0 Å². The molecule has 2 saturated carbocycles. The largest absolute Gasteiger partial charge is 0.456 e. The van der Waals surface area contributed by atoms with Crippen molar-refractivity contribution in [3.05, 3.63) is 35.9 Å². The van der Waals surface area contributed by atoms with E-state index in [0.717, 1.165) is 25.7 Å². The van der Waals surface area contributed by atoms with Gasteiger partial charge in [0.05, 0.1) is 11.7 Å². The lowest BCUT2D eigenvalue weighted by molar-refractivity contribution is -0.203. The van der Waals surface area contributed by atoms with Crippen molar-refractivity contribution in [2.24, 2.45) is 0 Å². The maximum absolute atomic E-state index is 12.5. The van der Waals surface area contributed by atoms with Crippen molar-refractivity contribution < 1.29 is 28.5 Å². The van der Waals surface area contributed by atoms with E-state index in [1.165, 1.54) is 6.42 Å². The Morgan fingerprint density at radius 3 is 2.50 bits per heavy atom. The van der Waals surface area contributed by atoms with E-state index in [1.807, 2.05) is 6.07 Å². The van der Waals surface area contributed by atoms with Gasteiger partial charge < -0.3 is 18.9 Å². The smallest absolute Gasteiger partial charge is 0.351 e. The SMILES string of the molecule is O=C(O[C@@]12C[C@@H](OC1=O)[C@@H]1OC3(CCCCC3)O[C@@H]1C2)c1ccccc1. The molecule has 0 amide bonds. The molecule has 2 heterocycles. The summed E-state index contributed by atoms with van der Waals surface area (Å²) in [5.41, 5.74) is -0.838. The summed E-state index contributed by atoms with van der Waals surface area (Å²) < 4.78 is 23.8. The van der Waals surface area contributed by atoms with E-state index in [2.05, 4.69) is 0 Å². The van der Waals surface area contributed by atoms with Crippen molar-refractivity contribution in [2.75, 3.05) is 0 Å². The number of hydrogen-bond donors (Lipinski definition) is 0. The van der Waals surface area contributed by atoms with Crippen LogP contribution in [-0.4, -0.2) is 41.6 Å². The molecule has 1 spiro atoms. The van der Waals surface area contributed by atoms with Gasteiger partial charge in [-0.3, -0.25) is 0 Å². The fourth-order valence-corrected chi connectivity index (χ4v) is 4.80. The Bertz CT molecular complexity index is 725. The average molecular weight is 358 g/mol. The zero-order chi connectivity index (χ0) is 17.8. The molecular weight excluding hydrogens is 336 g/mol. The van der Waals surface area contributed by atoms with E-state index in [-0.39, 0.29) is 12.2 Å². The van der Waals surface area contributed by atoms with E-state index in [0.29, 0.717) is 18.4 Å². The molecule has 4 aliphatic rings. The van der Waals surface area contributed by atoms with Gasteiger partial charge in [-0.2, -0.15) is 0 Å². The Balaban J connectivity index is 1.37. The van der Waals surface area contributed by atoms with Crippen LogP contribution in [-0.2, 0) is 23.7 Å². The minimum absolute atomic E-state index is 0.261. The third-order valence-electron chi connectivity index (χ3n) is 6.06. The number of benzene rings is 1. The van der Waals surface area contributed by atoms with Gasteiger partial charge in [0, 0.05) is 25.7 Å². The lowest BCUT2D eigenvalue weighted by atomic mass is 9.82. The van der Waals surface area contributed by atoms with Gasteiger partial charge in [0.2, 0.25) is 5.60 Å². The van der Waals surface area contributed by atoms with Gasteiger partial charge in [-0.25, -0.2) is 9.59 Å². The number of esters is 2. The third kappa shape index (κ3) is 2.47. The molecule has 1 aromatic rings. The highest BCUT2D eigenvalue weighted by atomic mass is 16.8. The normalized spacial score (nSPS) is 37.2. The summed E-state index contributed by atoms with van der Waals surface area (Å²) in [6.45, 7) is 0. The quantitative estimate of drug-likeness (QED) is 0.757. The monoisotopic (exact) mass is 358 g/mol. The Morgan fingerprint density at radius 2 is 1.73 bits per heavy atom. The molecule has 0 unspecified atom stereocenters. The van der Waals surface area contributed by atoms with Gasteiger partial charge in [-0.15, -0.1) is 0 Å². The summed E-state index contributed by atoms with van der Waals surface area (Å²) in [7, 11) is 0. The summed E-state index contributed by atoms with van der Waals surface area (Å²) in [5.74, 6) is -1.53. The fourth-order valence-electron chi connectivity index (χ4n) is 4.80. The second-order valence-electron chi connectivity index (χ2n) is 7.81. The molecular formula is C20H22O6. The van der Waals surface area contributed by atoms with Crippen molar-refractivity contribution in [1.29, 1.82) is 0 Å². The summed E-state index contributed by atoms with van der Waals surface area (Å²) in [6, 6.07) is 8.71. The number of hydrogen-bond acceptors (Lipinski definition) is 6. The van der Waals surface area contributed by atoms with Crippen LogP contribution in [0.25, 0.3) is 0 Å². The average Bonchev–Trinajstić information content (AvgIpc) is 3.13. The molecule has 1 aromatic carbocycles. The van der Waals surface area contributed by atoms with Crippen LogP contribution in [0.1, 0.15) is 55.3 Å². The number of ether oxygens (including phenoxy) is 4. The van der Waals surface area contributed by atoms with Crippen LogP contribution in [0.2, 0.25) is 0 Å². The fraction of sp³-hybridized carbons (Fsp3) is 0.600. The van der Waals surface area contributed by atoms with Crippen LogP contribution in [0.15, 0.2) is 30.3 Å². The number of carbonyl (C=O) groups is 2. The summed E-state index contributed by atoms with van der Waals surface area (Å²) >= 11 is 0. The molecule has 2 aliphatic carbocycles. The minimum Gasteiger partial charge on any atom is -0.456 e. The molecule has 2 bridgehead atoms. The molecule has 0 N–H and O–H groups in total. The summed E-state index contributed by atoms with van der Waals surface area (Å²) in [6.07, 6.45) is 4.79. The highest BCUT2D eigenvalue weighted by Crippen LogP contribution is 2.51. The van der Waals surface area contributed by atoms with E-state index >= 15 is 0 Å². The molecule has 6 nitrogen and oxygen atoms in total. The van der Waals surface area contributed by atoms with E-state index in [9.17, 15) is 9.59 Å². The predicted molar refractivity (Wildman–Crippen MR) is 89.3 cm³/mol. The van der Waals surface area contributed by atoms with Gasteiger partial charge in [0.15, 0.2) is 5.79 Å². The molecule has 6 heteroatoms. The van der Waals surface area contributed by atoms with Gasteiger partial charge in [-0.1, -0.05) is 24.6 Å². The Labute approximate surface area is 151 Å². The van der Waals surface area contributed by atoms with E-state index < -0.39 is 29.4 Å². The summed E-state index contributed by atoms with van der Waals surface area (Å²) in [4.78, 5) is 25.1. The van der Waals surface area contributed by atoms with Gasteiger partial charge >= 0.3 is 11.9 Å². The molecule has 138 valence electrons. The van der Waals surface area contributed by atoms with Crippen molar-refractivity contribution >= 4 is 11.9 Å². The zero-order valence-electron chi connectivity index (χ0n) is 14.5. The Hall–Kier alpha value is -1.92. The second-order valence-corrected chi connectivity index (χ2v) is 7.81. The lowest BCUT2D eigenvalue weighted by Gasteiger charge is -2.33. The number of carbonyl (C=O) groups excluding carboxylic acids is 2. The van der Waals surface area contributed by atoms with Crippen LogP contribution in [0.3, 0.4) is 0 Å². The van der Waals surface area contributed by atoms with Crippen molar-refractivity contribution in [3.8, 4) is 0 Å². The first-order chi connectivity index (χ1) is 12.6. The molecule has 4 fully saturated rings. The van der Waals surface area contributed by atoms with Crippen molar-refractivity contribution in [2.45, 2.75) is 74.6 Å².